The average molecular weight is 130 g/mol. The van der Waals surface area contributed by atoms with Gasteiger partial charge in [0.25, 0.3) is 0 Å². The molecule has 1 rings (SSSR count). The van der Waals surface area contributed by atoms with E-state index in [-0.39, 0.29) is 18.4 Å². The molecular formula is C5H10N2O2. The van der Waals surface area contributed by atoms with Gasteiger partial charge >= 0.3 is 0 Å². The highest BCUT2D eigenvalue weighted by Gasteiger charge is 2.33. The van der Waals surface area contributed by atoms with Gasteiger partial charge in [-0.05, 0) is 6.42 Å². The Morgan fingerprint density at radius 3 is 2.89 bits per heavy atom. The Hall–Kier alpha value is -0.610. The van der Waals surface area contributed by atoms with E-state index >= 15 is 0 Å². The standard InChI is InChI=1S/C5H10N2O2/c6-7-3-4(1-2-8)5(7)9/h4,8H,1-3,6H2. The molecule has 4 nitrogen and oxygen atoms in total. The number of aliphatic hydroxyl groups excluding tert-OH is 1. The molecule has 3 N–H and O–H groups in total. The lowest BCUT2D eigenvalue weighted by molar-refractivity contribution is -0.149. The van der Waals surface area contributed by atoms with Crippen molar-refractivity contribution in [2.45, 2.75) is 6.42 Å². The summed E-state index contributed by atoms with van der Waals surface area (Å²) >= 11 is 0. The van der Waals surface area contributed by atoms with Crippen LogP contribution in [0.1, 0.15) is 6.42 Å². The number of aliphatic hydroxyl groups is 1. The fourth-order valence-electron chi connectivity index (χ4n) is 0.898. The zero-order valence-corrected chi connectivity index (χ0v) is 5.08. The number of β-lactam (4-membered cyclic amide) rings is 1. The van der Waals surface area contributed by atoms with Crippen LogP contribution in [0, 0.1) is 5.92 Å². The van der Waals surface area contributed by atoms with Gasteiger partial charge in [-0.15, -0.1) is 0 Å². The Morgan fingerprint density at radius 2 is 2.56 bits per heavy atom. The molecule has 0 saturated carbocycles. The largest absolute Gasteiger partial charge is 0.396 e. The highest BCUT2D eigenvalue weighted by atomic mass is 16.3. The molecule has 1 saturated heterocycles. The first kappa shape index (κ1) is 6.51. The fourth-order valence-corrected chi connectivity index (χ4v) is 0.898. The summed E-state index contributed by atoms with van der Waals surface area (Å²) in [6.45, 7) is 0.670. The molecule has 0 aromatic carbocycles. The molecule has 1 heterocycles. The maximum absolute atomic E-state index is 10.6. The van der Waals surface area contributed by atoms with Gasteiger partial charge in [-0.2, -0.15) is 0 Å². The number of nitrogens with two attached hydrogens (primary N) is 1. The zero-order chi connectivity index (χ0) is 6.85. The lowest BCUT2D eigenvalue weighted by atomic mass is 9.98. The minimum absolute atomic E-state index is 0.0139. The van der Waals surface area contributed by atoms with E-state index in [0.717, 1.165) is 0 Å². The van der Waals surface area contributed by atoms with Gasteiger partial charge in [-0.3, -0.25) is 9.80 Å². The van der Waals surface area contributed by atoms with Crippen molar-refractivity contribution in [1.29, 1.82) is 0 Å². The smallest absolute Gasteiger partial charge is 0.241 e. The number of nitrogens with zero attached hydrogens (tertiary/aromatic N) is 1. The molecule has 1 unspecified atom stereocenters. The summed E-state index contributed by atoms with van der Waals surface area (Å²) in [7, 11) is 0. The van der Waals surface area contributed by atoms with E-state index in [1.807, 2.05) is 0 Å². The van der Waals surface area contributed by atoms with Crippen LogP contribution in [0.25, 0.3) is 0 Å². The van der Waals surface area contributed by atoms with Crippen molar-refractivity contribution in [3.05, 3.63) is 0 Å². The van der Waals surface area contributed by atoms with Crippen LogP contribution >= 0.6 is 0 Å². The lowest BCUT2D eigenvalue weighted by Crippen LogP contribution is -2.56. The van der Waals surface area contributed by atoms with Crippen molar-refractivity contribution in [3.8, 4) is 0 Å². The number of hydrazine groups is 1. The monoisotopic (exact) mass is 130 g/mol. The van der Waals surface area contributed by atoms with Crippen LogP contribution in [0.4, 0.5) is 0 Å². The van der Waals surface area contributed by atoms with Gasteiger partial charge in [-0.1, -0.05) is 0 Å². The third kappa shape index (κ3) is 1.04. The van der Waals surface area contributed by atoms with E-state index in [1.54, 1.807) is 0 Å². The van der Waals surface area contributed by atoms with E-state index in [2.05, 4.69) is 0 Å². The van der Waals surface area contributed by atoms with E-state index in [4.69, 9.17) is 10.9 Å². The van der Waals surface area contributed by atoms with E-state index < -0.39 is 0 Å². The predicted molar refractivity (Wildman–Crippen MR) is 31.1 cm³/mol. The van der Waals surface area contributed by atoms with E-state index in [9.17, 15) is 4.79 Å². The summed E-state index contributed by atoms with van der Waals surface area (Å²) in [5, 5.41) is 9.56. The normalized spacial score (nSPS) is 26.2. The van der Waals surface area contributed by atoms with Gasteiger partial charge in [0, 0.05) is 13.2 Å². The summed E-state index contributed by atoms with van der Waals surface area (Å²) in [4.78, 5) is 10.6. The van der Waals surface area contributed by atoms with Gasteiger partial charge in [0.1, 0.15) is 0 Å². The molecule has 4 heteroatoms. The first-order valence-electron chi connectivity index (χ1n) is 2.92. The van der Waals surface area contributed by atoms with Crippen molar-refractivity contribution < 1.29 is 9.90 Å². The Balaban J connectivity index is 2.25. The summed E-state index contributed by atoms with van der Waals surface area (Å²) in [5.41, 5.74) is 0. The SMILES string of the molecule is NN1CC(CCO)C1=O. The van der Waals surface area contributed by atoms with E-state index in [1.165, 1.54) is 5.01 Å². The maximum Gasteiger partial charge on any atom is 0.241 e. The quantitative estimate of drug-likeness (QED) is 0.277. The second-order valence-electron chi connectivity index (χ2n) is 2.20. The number of hydrogen-bond acceptors (Lipinski definition) is 3. The molecule has 0 spiro atoms. The first-order valence-corrected chi connectivity index (χ1v) is 2.92. The number of rotatable bonds is 2. The molecule has 1 fully saturated rings. The summed E-state index contributed by atoms with van der Waals surface area (Å²) in [6, 6.07) is 0. The molecule has 1 aliphatic rings. The molecular weight excluding hydrogens is 120 g/mol. The van der Waals surface area contributed by atoms with Crippen LogP contribution in [-0.4, -0.2) is 29.2 Å². The van der Waals surface area contributed by atoms with Crippen molar-refractivity contribution in [3.63, 3.8) is 0 Å². The number of amides is 1. The molecule has 1 aliphatic heterocycles. The highest BCUT2D eigenvalue weighted by molar-refractivity contribution is 5.83. The van der Waals surface area contributed by atoms with Gasteiger partial charge in [0.05, 0.1) is 5.92 Å². The molecule has 52 valence electrons. The van der Waals surface area contributed by atoms with E-state index in [0.29, 0.717) is 13.0 Å². The van der Waals surface area contributed by atoms with Gasteiger partial charge in [0.15, 0.2) is 0 Å². The van der Waals surface area contributed by atoms with Gasteiger partial charge in [-0.25, -0.2) is 5.84 Å². The number of carbonyl (C=O) groups excluding carboxylic acids is 1. The minimum Gasteiger partial charge on any atom is -0.396 e. The maximum atomic E-state index is 10.6. The third-order valence-electron chi connectivity index (χ3n) is 1.53. The predicted octanol–water partition coefficient (Wildman–Crippen LogP) is -1.30. The number of carbonyl (C=O) groups is 1. The molecule has 0 bridgehead atoms. The zero-order valence-electron chi connectivity index (χ0n) is 5.08. The molecule has 0 aliphatic carbocycles. The fraction of sp³-hybridized carbons (Fsp3) is 0.800. The van der Waals surface area contributed by atoms with Crippen LogP contribution in [0.2, 0.25) is 0 Å². The Labute approximate surface area is 53.2 Å². The highest BCUT2D eigenvalue weighted by Crippen LogP contribution is 2.15. The van der Waals surface area contributed by atoms with Crippen molar-refractivity contribution in [2.24, 2.45) is 11.8 Å². The van der Waals surface area contributed by atoms with Crippen molar-refractivity contribution >= 4 is 5.91 Å². The van der Waals surface area contributed by atoms with Crippen LogP contribution in [0.5, 0.6) is 0 Å². The third-order valence-corrected chi connectivity index (χ3v) is 1.53. The lowest BCUT2D eigenvalue weighted by Gasteiger charge is -2.33. The van der Waals surface area contributed by atoms with Gasteiger partial charge in [0.2, 0.25) is 5.91 Å². The first-order chi connectivity index (χ1) is 4.25. The van der Waals surface area contributed by atoms with Crippen LogP contribution in [0.15, 0.2) is 0 Å². The molecule has 1 amide bonds. The van der Waals surface area contributed by atoms with Gasteiger partial charge < -0.3 is 5.11 Å². The second-order valence-corrected chi connectivity index (χ2v) is 2.20. The van der Waals surface area contributed by atoms with Crippen LogP contribution in [-0.2, 0) is 4.79 Å². The minimum atomic E-state index is -0.0518. The molecule has 0 radical (unpaired) electrons. The van der Waals surface area contributed by atoms with Crippen molar-refractivity contribution in [1.82, 2.24) is 5.01 Å². The molecule has 1 atom stereocenters. The Bertz CT molecular complexity index is 124. The van der Waals surface area contributed by atoms with Crippen LogP contribution < -0.4 is 5.84 Å². The summed E-state index contributed by atoms with van der Waals surface area (Å²) in [5.74, 6) is 5.08. The second kappa shape index (κ2) is 2.33. The van der Waals surface area contributed by atoms with Crippen LogP contribution in [0.3, 0.4) is 0 Å². The van der Waals surface area contributed by atoms with Crippen molar-refractivity contribution in [2.75, 3.05) is 13.2 Å². The Morgan fingerprint density at radius 1 is 1.89 bits per heavy atom. The molecule has 0 aromatic rings. The Kier molecular flexibility index (Phi) is 1.68. The summed E-state index contributed by atoms with van der Waals surface area (Å²) in [6.07, 6.45) is 0.548. The topological polar surface area (TPSA) is 66.6 Å². The number of hydrogen-bond donors (Lipinski definition) is 2. The molecule has 9 heavy (non-hydrogen) atoms. The summed E-state index contributed by atoms with van der Waals surface area (Å²) < 4.78 is 0. The average Bonchev–Trinajstić information content (AvgIpc) is 1.88. The molecule has 0 aromatic heterocycles.